The Kier molecular flexibility index (Phi) is 5.37. The summed E-state index contributed by atoms with van der Waals surface area (Å²) in [5.41, 5.74) is 6.43. The predicted octanol–water partition coefficient (Wildman–Crippen LogP) is 1.26. The Morgan fingerprint density at radius 1 is 1.25 bits per heavy atom. The summed E-state index contributed by atoms with van der Waals surface area (Å²) >= 11 is 0. The van der Waals surface area contributed by atoms with Crippen LogP contribution in [0.1, 0.15) is 12.1 Å². The molecule has 0 amide bonds. The van der Waals surface area contributed by atoms with E-state index in [1.165, 1.54) is 0 Å². The summed E-state index contributed by atoms with van der Waals surface area (Å²) in [6.07, 6.45) is 3.72. The zero-order valence-corrected chi connectivity index (χ0v) is 11.7. The maximum absolute atomic E-state index is 5.69. The molecule has 20 heavy (non-hydrogen) atoms. The van der Waals surface area contributed by atoms with Gasteiger partial charge in [-0.1, -0.05) is 17.3 Å². The number of nitrogens with zero attached hydrogens (tertiary/aromatic N) is 3. The number of benzene rings is 1. The van der Waals surface area contributed by atoms with Gasteiger partial charge in [0.2, 0.25) is 0 Å². The van der Waals surface area contributed by atoms with Crippen LogP contribution in [-0.2, 0) is 13.0 Å². The fourth-order valence-corrected chi connectivity index (χ4v) is 1.83. The van der Waals surface area contributed by atoms with Crippen molar-refractivity contribution in [2.45, 2.75) is 19.4 Å². The smallest absolute Gasteiger partial charge is 0.161 e. The summed E-state index contributed by atoms with van der Waals surface area (Å²) in [7, 11) is 1.63. The van der Waals surface area contributed by atoms with Crippen LogP contribution in [0.15, 0.2) is 30.5 Å². The second kappa shape index (κ2) is 7.49. The minimum absolute atomic E-state index is 0.514. The van der Waals surface area contributed by atoms with Crippen LogP contribution in [0.4, 0.5) is 0 Å². The van der Waals surface area contributed by atoms with E-state index in [2.05, 4.69) is 10.3 Å². The van der Waals surface area contributed by atoms with Crippen LogP contribution in [0.3, 0.4) is 0 Å². The molecule has 0 bridgehead atoms. The molecule has 0 radical (unpaired) electrons. The number of aryl methyl sites for hydroxylation is 1. The van der Waals surface area contributed by atoms with Crippen molar-refractivity contribution in [3.63, 3.8) is 0 Å². The molecule has 2 rings (SSSR count). The Bertz CT molecular complexity index is 527. The van der Waals surface area contributed by atoms with Crippen LogP contribution in [-0.4, -0.2) is 35.3 Å². The normalized spacial score (nSPS) is 10.5. The predicted molar refractivity (Wildman–Crippen MR) is 75.9 cm³/mol. The molecular formula is C14H20N4O2. The molecule has 0 aliphatic heterocycles. The van der Waals surface area contributed by atoms with E-state index in [-0.39, 0.29) is 0 Å². The maximum Gasteiger partial charge on any atom is 0.161 e. The number of methoxy groups -OCH3 is 1. The van der Waals surface area contributed by atoms with E-state index in [4.69, 9.17) is 15.2 Å². The first-order valence-corrected chi connectivity index (χ1v) is 6.68. The van der Waals surface area contributed by atoms with E-state index in [9.17, 15) is 0 Å². The van der Waals surface area contributed by atoms with Crippen molar-refractivity contribution in [1.29, 1.82) is 0 Å². The largest absolute Gasteiger partial charge is 0.493 e. The molecule has 108 valence electrons. The Morgan fingerprint density at radius 3 is 2.80 bits per heavy atom. The zero-order valence-electron chi connectivity index (χ0n) is 11.7. The summed E-state index contributed by atoms with van der Waals surface area (Å²) in [5.74, 6) is 1.47. The first-order chi connectivity index (χ1) is 9.83. The van der Waals surface area contributed by atoms with E-state index in [1.54, 1.807) is 11.8 Å². The quantitative estimate of drug-likeness (QED) is 0.785. The second-order valence-electron chi connectivity index (χ2n) is 4.36. The third-order valence-electron chi connectivity index (χ3n) is 2.87. The zero-order chi connectivity index (χ0) is 14.2. The monoisotopic (exact) mass is 276 g/mol. The van der Waals surface area contributed by atoms with E-state index in [1.807, 2.05) is 30.5 Å². The Hall–Kier alpha value is -2.08. The molecule has 1 aromatic carbocycles. The van der Waals surface area contributed by atoms with Crippen LogP contribution in [0.2, 0.25) is 0 Å². The van der Waals surface area contributed by atoms with Crippen LogP contribution in [0.25, 0.3) is 0 Å². The minimum atomic E-state index is 0.514. The molecule has 0 spiro atoms. The topological polar surface area (TPSA) is 75.2 Å². The van der Waals surface area contributed by atoms with Gasteiger partial charge in [0.1, 0.15) is 6.61 Å². The number of aromatic nitrogens is 3. The third kappa shape index (κ3) is 3.96. The summed E-state index contributed by atoms with van der Waals surface area (Å²) in [6.45, 7) is 1.83. The van der Waals surface area contributed by atoms with Gasteiger partial charge in [-0.05, 0) is 31.5 Å². The Balaban J connectivity index is 1.82. The van der Waals surface area contributed by atoms with Gasteiger partial charge < -0.3 is 15.2 Å². The molecule has 0 unspecified atom stereocenters. The first-order valence-electron chi connectivity index (χ1n) is 6.68. The summed E-state index contributed by atoms with van der Waals surface area (Å²) in [5, 5.41) is 8.15. The highest BCUT2D eigenvalue weighted by atomic mass is 16.5. The lowest BCUT2D eigenvalue weighted by molar-refractivity contribution is 0.273. The molecule has 1 heterocycles. The van der Waals surface area contributed by atoms with E-state index >= 15 is 0 Å². The second-order valence-corrected chi connectivity index (χ2v) is 4.36. The van der Waals surface area contributed by atoms with Gasteiger partial charge >= 0.3 is 0 Å². The van der Waals surface area contributed by atoms with Crippen molar-refractivity contribution < 1.29 is 9.47 Å². The highest BCUT2D eigenvalue weighted by Crippen LogP contribution is 2.25. The van der Waals surface area contributed by atoms with Gasteiger partial charge in [0.05, 0.1) is 19.3 Å². The first kappa shape index (κ1) is 14.3. The minimum Gasteiger partial charge on any atom is -0.493 e. The van der Waals surface area contributed by atoms with Gasteiger partial charge in [0.15, 0.2) is 11.5 Å². The lowest BCUT2D eigenvalue weighted by atomic mass is 10.2. The molecule has 0 saturated carbocycles. The highest BCUT2D eigenvalue weighted by molar-refractivity contribution is 5.39. The molecular weight excluding hydrogens is 256 g/mol. The van der Waals surface area contributed by atoms with E-state index in [0.29, 0.717) is 19.7 Å². The van der Waals surface area contributed by atoms with Crippen molar-refractivity contribution in [3.05, 3.63) is 36.2 Å². The number of para-hydroxylation sites is 2. The standard InChI is InChI=1S/C14H20N4O2/c1-19-13-6-2-3-7-14(13)20-10-9-18-11-12(16-17-18)5-4-8-15/h2-3,6-7,11H,4-5,8-10,15H2,1H3. The Labute approximate surface area is 118 Å². The summed E-state index contributed by atoms with van der Waals surface area (Å²) < 4.78 is 12.7. The molecule has 1 aromatic heterocycles. The molecule has 2 N–H and O–H groups in total. The third-order valence-corrected chi connectivity index (χ3v) is 2.87. The van der Waals surface area contributed by atoms with Gasteiger partial charge in [-0.3, -0.25) is 0 Å². The van der Waals surface area contributed by atoms with Gasteiger partial charge in [-0.2, -0.15) is 0 Å². The fourth-order valence-electron chi connectivity index (χ4n) is 1.83. The molecule has 2 aromatic rings. The number of rotatable bonds is 8. The van der Waals surface area contributed by atoms with Gasteiger partial charge in [-0.25, -0.2) is 4.68 Å². The van der Waals surface area contributed by atoms with Crippen molar-refractivity contribution in [3.8, 4) is 11.5 Å². The molecule has 6 nitrogen and oxygen atoms in total. The van der Waals surface area contributed by atoms with Crippen molar-refractivity contribution in [2.75, 3.05) is 20.3 Å². The number of hydrogen-bond donors (Lipinski definition) is 1. The van der Waals surface area contributed by atoms with Crippen LogP contribution >= 0.6 is 0 Å². The molecule has 0 aliphatic carbocycles. The van der Waals surface area contributed by atoms with Crippen LogP contribution in [0.5, 0.6) is 11.5 Å². The van der Waals surface area contributed by atoms with Gasteiger partial charge in [-0.15, -0.1) is 5.10 Å². The van der Waals surface area contributed by atoms with Gasteiger partial charge in [0, 0.05) is 6.20 Å². The van der Waals surface area contributed by atoms with Crippen molar-refractivity contribution in [1.82, 2.24) is 15.0 Å². The van der Waals surface area contributed by atoms with Crippen molar-refractivity contribution >= 4 is 0 Å². The number of ether oxygens (including phenoxy) is 2. The average Bonchev–Trinajstić information content (AvgIpc) is 2.93. The summed E-state index contributed by atoms with van der Waals surface area (Å²) in [4.78, 5) is 0. The maximum atomic E-state index is 5.69. The molecule has 6 heteroatoms. The molecule has 0 saturated heterocycles. The van der Waals surface area contributed by atoms with E-state index < -0.39 is 0 Å². The highest BCUT2D eigenvalue weighted by Gasteiger charge is 2.04. The SMILES string of the molecule is COc1ccccc1OCCn1cc(CCCN)nn1. The number of hydrogen-bond acceptors (Lipinski definition) is 5. The fraction of sp³-hybridized carbons (Fsp3) is 0.429. The summed E-state index contributed by atoms with van der Waals surface area (Å²) in [6, 6.07) is 7.58. The van der Waals surface area contributed by atoms with Crippen molar-refractivity contribution in [2.24, 2.45) is 5.73 Å². The average molecular weight is 276 g/mol. The molecule has 0 fully saturated rings. The van der Waals surface area contributed by atoms with Crippen LogP contribution in [0, 0.1) is 0 Å². The number of nitrogens with two attached hydrogens (primary N) is 1. The molecule has 0 atom stereocenters. The molecule has 0 aliphatic rings. The van der Waals surface area contributed by atoms with Gasteiger partial charge in [0.25, 0.3) is 0 Å². The van der Waals surface area contributed by atoms with E-state index in [0.717, 1.165) is 30.0 Å². The lowest BCUT2D eigenvalue weighted by Crippen LogP contribution is -2.09. The lowest BCUT2D eigenvalue weighted by Gasteiger charge is -2.09. The Morgan fingerprint density at radius 2 is 2.05 bits per heavy atom. The van der Waals surface area contributed by atoms with Crippen LogP contribution < -0.4 is 15.2 Å².